The van der Waals surface area contributed by atoms with Crippen molar-refractivity contribution in [3.05, 3.63) is 65.6 Å². The van der Waals surface area contributed by atoms with Crippen LogP contribution < -0.4 is 0 Å². The Kier molecular flexibility index (Phi) is 4.18. The van der Waals surface area contributed by atoms with Crippen LogP contribution in [0.5, 0.6) is 0 Å². The molecule has 3 nitrogen and oxygen atoms in total. The van der Waals surface area contributed by atoms with E-state index in [-0.39, 0.29) is 6.61 Å². The van der Waals surface area contributed by atoms with E-state index >= 15 is 0 Å². The van der Waals surface area contributed by atoms with Crippen LogP contribution in [0.3, 0.4) is 0 Å². The van der Waals surface area contributed by atoms with Crippen molar-refractivity contribution in [2.75, 3.05) is 6.61 Å². The molecule has 4 rings (SSSR count). The van der Waals surface area contributed by atoms with Gasteiger partial charge >= 0.3 is 0 Å². The second-order valence-electron chi connectivity index (χ2n) is 7.16. The molecule has 0 saturated heterocycles. The zero-order chi connectivity index (χ0) is 17.4. The first kappa shape index (κ1) is 16.1. The lowest BCUT2D eigenvalue weighted by molar-refractivity contribution is 0.190. The van der Waals surface area contributed by atoms with E-state index in [1.165, 1.54) is 22.3 Å². The Morgan fingerprint density at radius 2 is 1.72 bits per heavy atom. The van der Waals surface area contributed by atoms with Gasteiger partial charge in [-0.05, 0) is 42.5 Å². The molecule has 0 aliphatic carbocycles. The Bertz CT molecular complexity index is 893. The molecule has 1 aliphatic heterocycles. The second-order valence-corrected chi connectivity index (χ2v) is 7.16. The number of benzene rings is 2. The van der Waals surface area contributed by atoms with Gasteiger partial charge in [0, 0.05) is 37.3 Å². The van der Waals surface area contributed by atoms with Crippen molar-refractivity contribution in [2.45, 2.75) is 33.2 Å². The fourth-order valence-corrected chi connectivity index (χ4v) is 3.56. The number of fused-ring (bicyclic) bond motifs is 1. The van der Waals surface area contributed by atoms with Crippen molar-refractivity contribution in [1.82, 2.24) is 9.55 Å². The Balaban J connectivity index is 1.60. The van der Waals surface area contributed by atoms with Crippen LogP contribution >= 0.6 is 0 Å². The van der Waals surface area contributed by atoms with E-state index in [0.717, 1.165) is 36.5 Å². The Morgan fingerprint density at radius 1 is 1.00 bits per heavy atom. The number of aromatic nitrogens is 2. The highest BCUT2D eigenvalue weighted by Crippen LogP contribution is 2.28. The maximum atomic E-state index is 9.38. The molecule has 1 atom stereocenters. The quantitative estimate of drug-likeness (QED) is 0.772. The summed E-state index contributed by atoms with van der Waals surface area (Å²) in [5.41, 5.74) is 7.31. The maximum absolute atomic E-state index is 9.38. The summed E-state index contributed by atoms with van der Waals surface area (Å²) in [4.78, 5) is 4.80. The normalized spacial score (nSPS) is 16.7. The van der Waals surface area contributed by atoms with Gasteiger partial charge in [0.05, 0.1) is 5.69 Å². The molecule has 0 amide bonds. The SMILES string of the molecule is Cc1ccc(-c2ccc(-c3cn4c(n3)CCC(CO)C4)cc2)cc1C. The first-order valence-corrected chi connectivity index (χ1v) is 8.99. The molecule has 3 heteroatoms. The molecule has 0 saturated carbocycles. The molecule has 1 aliphatic rings. The average Bonchev–Trinajstić information content (AvgIpc) is 3.07. The number of aliphatic hydroxyl groups excluding tert-OH is 1. The van der Waals surface area contributed by atoms with Gasteiger partial charge in [0.15, 0.2) is 0 Å². The van der Waals surface area contributed by atoms with Crippen molar-refractivity contribution < 1.29 is 5.11 Å². The van der Waals surface area contributed by atoms with Gasteiger partial charge < -0.3 is 9.67 Å². The summed E-state index contributed by atoms with van der Waals surface area (Å²) in [5.74, 6) is 1.50. The van der Waals surface area contributed by atoms with Gasteiger partial charge in [-0.15, -0.1) is 0 Å². The number of hydrogen-bond donors (Lipinski definition) is 1. The van der Waals surface area contributed by atoms with Crippen LogP contribution in [0.1, 0.15) is 23.4 Å². The fourth-order valence-electron chi connectivity index (χ4n) is 3.56. The average molecular weight is 332 g/mol. The molecular weight excluding hydrogens is 308 g/mol. The topological polar surface area (TPSA) is 38.0 Å². The molecule has 25 heavy (non-hydrogen) atoms. The summed E-state index contributed by atoms with van der Waals surface area (Å²) < 4.78 is 2.21. The Morgan fingerprint density at radius 3 is 2.44 bits per heavy atom. The van der Waals surface area contributed by atoms with Crippen LogP contribution in [0.2, 0.25) is 0 Å². The van der Waals surface area contributed by atoms with Gasteiger partial charge in [0.25, 0.3) is 0 Å². The van der Waals surface area contributed by atoms with Crippen molar-refractivity contribution >= 4 is 0 Å². The van der Waals surface area contributed by atoms with Crippen LogP contribution in [0.4, 0.5) is 0 Å². The predicted molar refractivity (Wildman–Crippen MR) is 101 cm³/mol. The van der Waals surface area contributed by atoms with E-state index in [0.29, 0.717) is 5.92 Å². The Hall–Kier alpha value is -2.39. The highest BCUT2D eigenvalue weighted by molar-refractivity contribution is 5.69. The Labute approximate surface area is 149 Å². The minimum Gasteiger partial charge on any atom is -0.396 e. The van der Waals surface area contributed by atoms with E-state index in [2.05, 4.69) is 67.1 Å². The highest BCUT2D eigenvalue weighted by Gasteiger charge is 2.20. The third kappa shape index (κ3) is 3.12. The fraction of sp³-hybridized carbons (Fsp3) is 0.318. The lowest BCUT2D eigenvalue weighted by Crippen LogP contribution is -2.22. The molecule has 1 unspecified atom stereocenters. The molecule has 128 valence electrons. The van der Waals surface area contributed by atoms with Crippen LogP contribution in [0.25, 0.3) is 22.4 Å². The van der Waals surface area contributed by atoms with Crippen molar-refractivity contribution in [3.8, 4) is 22.4 Å². The van der Waals surface area contributed by atoms with Crippen LogP contribution in [0, 0.1) is 19.8 Å². The minimum absolute atomic E-state index is 0.262. The van der Waals surface area contributed by atoms with Crippen molar-refractivity contribution in [1.29, 1.82) is 0 Å². The molecule has 3 aromatic rings. The van der Waals surface area contributed by atoms with Gasteiger partial charge in [-0.25, -0.2) is 4.98 Å². The number of nitrogens with zero attached hydrogens (tertiary/aromatic N) is 2. The molecule has 0 fully saturated rings. The van der Waals surface area contributed by atoms with Crippen LogP contribution in [0.15, 0.2) is 48.7 Å². The molecule has 0 bridgehead atoms. The number of aryl methyl sites for hydroxylation is 3. The maximum Gasteiger partial charge on any atom is 0.109 e. The third-order valence-corrected chi connectivity index (χ3v) is 5.37. The number of aliphatic hydroxyl groups is 1. The van der Waals surface area contributed by atoms with Gasteiger partial charge in [-0.3, -0.25) is 0 Å². The zero-order valence-electron chi connectivity index (χ0n) is 14.9. The van der Waals surface area contributed by atoms with E-state index in [9.17, 15) is 5.11 Å². The van der Waals surface area contributed by atoms with Gasteiger partial charge in [0.1, 0.15) is 5.82 Å². The summed E-state index contributed by atoms with van der Waals surface area (Å²) in [6.07, 6.45) is 4.10. The lowest BCUT2D eigenvalue weighted by atomic mass is 9.99. The van der Waals surface area contributed by atoms with E-state index in [1.54, 1.807) is 0 Å². The minimum atomic E-state index is 0.262. The largest absolute Gasteiger partial charge is 0.396 e. The molecule has 2 heterocycles. The standard InChI is InChI=1S/C22H24N2O/c1-15-3-5-20(11-16(15)2)18-6-8-19(9-7-18)21-13-24-12-17(14-25)4-10-22(24)23-21/h3,5-9,11,13,17,25H,4,10,12,14H2,1-2H3. The van der Waals surface area contributed by atoms with Gasteiger partial charge in [-0.2, -0.15) is 0 Å². The summed E-state index contributed by atoms with van der Waals surface area (Å²) in [6.45, 7) is 5.43. The summed E-state index contributed by atoms with van der Waals surface area (Å²) in [5, 5.41) is 9.38. The molecule has 0 radical (unpaired) electrons. The van der Waals surface area contributed by atoms with Crippen molar-refractivity contribution in [2.24, 2.45) is 5.92 Å². The predicted octanol–water partition coefficient (Wildman–Crippen LogP) is 4.39. The highest BCUT2D eigenvalue weighted by atomic mass is 16.3. The van der Waals surface area contributed by atoms with E-state index in [1.807, 2.05) is 0 Å². The molecular formula is C22H24N2O. The first-order chi connectivity index (χ1) is 12.1. The van der Waals surface area contributed by atoms with Crippen molar-refractivity contribution in [3.63, 3.8) is 0 Å². The zero-order valence-corrected chi connectivity index (χ0v) is 14.9. The lowest BCUT2D eigenvalue weighted by Gasteiger charge is -2.21. The van der Waals surface area contributed by atoms with E-state index in [4.69, 9.17) is 4.98 Å². The summed E-state index contributed by atoms with van der Waals surface area (Å²) >= 11 is 0. The molecule has 0 spiro atoms. The summed E-state index contributed by atoms with van der Waals surface area (Å²) in [6, 6.07) is 15.3. The van der Waals surface area contributed by atoms with E-state index < -0.39 is 0 Å². The van der Waals surface area contributed by atoms with Gasteiger partial charge in [0.2, 0.25) is 0 Å². The summed E-state index contributed by atoms with van der Waals surface area (Å²) in [7, 11) is 0. The van der Waals surface area contributed by atoms with Crippen LogP contribution in [-0.4, -0.2) is 21.3 Å². The number of hydrogen-bond acceptors (Lipinski definition) is 2. The second kappa shape index (κ2) is 6.49. The molecule has 2 aromatic carbocycles. The smallest absolute Gasteiger partial charge is 0.109 e. The monoisotopic (exact) mass is 332 g/mol. The van der Waals surface area contributed by atoms with Gasteiger partial charge in [-0.1, -0.05) is 42.5 Å². The number of rotatable bonds is 3. The first-order valence-electron chi connectivity index (χ1n) is 8.99. The molecule has 1 aromatic heterocycles. The van der Waals surface area contributed by atoms with Crippen LogP contribution in [-0.2, 0) is 13.0 Å². The third-order valence-electron chi connectivity index (χ3n) is 5.37. The molecule has 1 N–H and O–H groups in total. The number of imidazole rings is 1.